The Morgan fingerprint density at radius 1 is 0.952 bits per heavy atom. The third-order valence-electron chi connectivity index (χ3n) is 3.67. The molecule has 0 nitrogen and oxygen atoms in total. The highest BCUT2D eigenvalue weighted by Gasteiger charge is 2.31. The van der Waals surface area contributed by atoms with Gasteiger partial charge in [-0.05, 0) is 11.8 Å². The highest BCUT2D eigenvalue weighted by atomic mass is 35.9. The molecule has 0 fully saturated rings. The van der Waals surface area contributed by atoms with Crippen LogP contribution in [0.15, 0.2) is 60.7 Å². The Morgan fingerprint density at radius 3 is 1.76 bits per heavy atom. The second-order valence-electron chi connectivity index (χ2n) is 5.06. The number of halogens is 2. The number of rotatable bonds is 6. The van der Waals surface area contributed by atoms with Gasteiger partial charge in [0.2, 0.25) is 0 Å². The lowest BCUT2D eigenvalue weighted by Gasteiger charge is -2.29. The summed E-state index contributed by atoms with van der Waals surface area (Å²) >= 11 is 18.7. The quantitative estimate of drug-likeness (QED) is 0.483. The van der Waals surface area contributed by atoms with E-state index < -0.39 is 12.0 Å². The standard InChI is InChI=1S/C15H17Cl2PS2Si/c1-21(13-12-20-18(16,17)19,14-8-4-2-5-9-14)15-10-6-3-7-11-15/h2-11H,12-13H2,1H3. The van der Waals surface area contributed by atoms with Gasteiger partial charge in [0, 0.05) is 0 Å². The predicted octanol–water partition coefficient (Wildman–Crippen LogP) is 5.31. The molecule has 0 heterocycles. The molecule has 0 aliphatic rings. The first-order valence-corrected chi connectivity index (χ1v) is 15.6. The van der Waals surface area contributed by atoms with Gasteiger partial charge in [0.1, 0.15) is 8.07 Å². The van der Waals surface area contributed by atoms with Crippen LogP contribution in [0.2, 0.25) is 12.6 Å². The first-order valence-electron chi connectivity index (χ1n) is 6.67. The summed E-state index contributed by atoms with van der Waals surface area (Å²) in [5, 5.41) is 2.88. The van der Waals surface area contributed by atoms with Crippen LogP contribution in [0, 0.1) is 0 Å². The summed E-state index contributed by atoms with van der Waals surface area (Å²) in [5.74, 6) is 0.913. The highest BCUT2D eigenvalue weighted by molar-refractivity contribution is 8.85. The van der Waals surface area contributed by atoms with Crippen molar-refractivity contribution in [1.82, 2.24) is 0 Å². The predicted molar refractivity (Wildman–Crippen MR) is 107 cm³/mol. The first kappa shape index (κ1) is 17.6. The maximum absolute atomic E-state index is 6.02. The minimum Gasteiger partial charge on any atom is -0.0951 e. The summed E-state index contributed by atoms with van der Waals surface area (Å²) in [7, 11) is -1.77. The molecule has 0 spiro atoms. The van der Waals surface area contributed by atoms with Crippen LogP contribution < -0.4 is 10.4 Å². The van der Waals surface area contributed by atoms with Gasteiger partial charge in [-0.3, -0.25) is 0 Å². The Labute approximate surface area is 146 Å². The molecule has 2 aromatic carbocycles. The molecule has 2 rings (SSSR count). The largest absolute Gasteiger partial charge is 0.171 e. The van der Waals surface area contributed by atoms with Crippen molar-refractivity contribution in [3.63, 3.8) is 0 Å². The zero-order valence-corrected chi connectivity index (χ0v) is 16.7. The van der Waals surface area contributed by atoms with E-state index in [0.29, 0.717) is 0 Å². The molecule has 0 saturated heterocycles. The second-order valence-corrected chi connectivity index (χ2v) is 21.6. The number of hydrogen-bond donors (Lipinski definition) is 0. The molecule has 0 bridgehead atoms. The van der Waals surface area contributed by atoms with E-state index in [1.54, 1.807) is 11.4 Å². The first-order chi connectivity index (χ1) is 9.92. The normalized spacial score (nSPS) is 12.3. The molecule has 0 saturated carbocycles. The zero-order chi connectivity index (χ0) is 15.3. The van der Waals surface area contributed by atoms with Crippen LogP contribution in [0.25, 0.3) is 0 Å². The summed E-state index contributed by atoms with van der Waals surface area (Å²) in [4.78, 5) is 0. The summed E-state index contributed by atoms with van der Waals surface area (Å²) in [6, 6.07) is 22.6. The van der Waals surface area contributed by atoms with Crippen LogP contribution in [-0.4, -0.2) is 13.8 Å². The van der Waals surface area contributed by atoms with Crippen molar-refractivity contribution >= 4 is 68.1 Å². The minimum absolute atomic E-state index is 0.913. The Kier molecular flexibility index (Phi) is 6.43. The molecular weight excluding hydrogens is 374 g/mol. The molecule has 112 valence electrons. The van der Waals surface area contributed by atoms with E-state index in [9.17, 15) is 0 Å². The van der Waals surface area contributed by atoms with Gasteiger partial charge in [-0.25, -0.2) is 0 Å². The Hall–Kier alpha value is 0.237. The number of hydrogen-bond acceptors (Lipinski definition) is 2. The van der Waals surface area contributed by atoms with E-state index in [1.807, 2.05) is 0 Å². The molecule has 2 aromatic rings. The van der Waals surface area contributed by atoms with Crippen LogP contribution in [0.5, 0.6) is 0 Å². The van der Waals surface area contributed by atoms with E-state index in [2.05, 4.69) is 67.2 Å². The smallest absolute Gasteiger partial charge is 0.0951 e. The maximum Gasteiger partial charge on any atom is 0.171 e. The third-order valence-corrected chi connectivity index (χ3v) is 13.3. The van der Waals surface area contributed by atoms with Crippen molar-refractivity contribution in [2.75, 3.05) is 5.75 Å². The molecule has 6 heteroatoms. The summed E-state index contributed by atoms with van der Waals surface area (Å²) in [5.41, 5.74) is 0. The average molecular weight is 391 g/mol. The van der Waals surface area contributed by atoms with Crippen molar-refractivity contribution in [3.05, 3.63) is 60.7 Å². The number of benzene rings is 2. The molecule has 0 radical (unpaired) electrons. The van der Waals surface area contributed by atoms with Crippen LogP contribution in [-0.2, 0) is 11.8 Å². The molecule has 0 amide bonds. The Bertz CT molecular complexity index is 577. The van der Waals surface area contributed by atoms with Gasteiger partial charge in [-0.2, -0.15) is 0 Å². The summed E-state index contributed by atoms with van der Waals surface area (Å²) in [6.07, 6.45) is 0. The SMILES string of the molecule is C[Si](CCSP(=S)(Cl)Cl)(c1ccccc1)c1ccccc1. The lowest BCUT2D eigenvalue weighted by molar-refractivity contribution is 1.42. The highest BCUT2D eigenvalue weighted by Crippen LogP contribution is 2.68. The van der Waals surface area contributed by atoms with Gasteiger partial charge in [0.05, 0.1) is 0 Å². The van der Waals surface area contributed by atoms with Crippen LogP contribution in [0.1, 0.15) is 0 Å². The molecule has 21 heavy (non-hydrogen) atoms. The fourth-order valence-electron chi connectivity index (χ4n) is 2.42. The van der Waals surface area contributed by atoms with Crippen LogP contribution >= 0.6 is 37.8 Å². The van der Waals surface area contributed by atoms with E-state index in [0.717, 1.165) is 11.8 Å². The van der Waals surface area contributed by atoms with Gasteiger partial charge in [0.25, 0.3) is 0 Å². The Morgan fingerprint density at radius 2 is 1.38 bits per heavy atom. The van der Waals surface area contributed by atoms with Gasteiger partial charge < -0.3 is 0 Å². The van der Waals surface area contributed by atoms with Crippen molar-refractivity contribution in [1.29, 1.82) is 0 Å². The lowest BCUT2D eigenvalue weighted by atomic mass is 10.4. The van der Waals surface area contributed by atoms with E-state index in [-0.39, 0.29) is 0 Å². The zero-order valence-electron chi connectivity index (χ0n) is 11.7. The third kappa shape index (κ3) is 5.13. The van der Waals surface area contributed by atoms with Crippen LogP contribution in [0.4, 0.5) is 0 Å². The van der Waals surface area contributed by atoms with Gasteiger partial charge in [-0.1, -0.05) is 123 Å². The fourth-order valence-corrected chi connectivity index (χ4v) is 10.8. The van der Waals surface area contributed by atoms with Crippen molar-refractivity contribution < 1.29 is 0 Å². The van der Waals surface area contributed by atoms with E-state index in [1.165, 1.54) is 10.4 Å². The average Bonchev–Trinajstić information content (AvgIpc) is 2.47. The molecule has 0 atom stereocenters. The van der Waals surface area contributed by atoms with Crippen molar-refractivity contribution in [3.8, 4) is 0 Å². The lowest BCUT2D eigenvalue weighted by Crippen LogP contribution is -2.55. The topological polar surface area (TPSA) is 0 Å². The fraction of sp³-hybridized carbons (Fsp3) is 0.200. The molecule has 0 aliphatic carbocycles. The van der Waals surface area contributed by atoms with Crippen molar-refractivity contribution in [2.24, 2.45) is 0 Å². The van der Waals surface area contributed by atoms with E-state index >= 15 is 0 Å². The van der Waals surface area contributed by atoms with Gasteiger partial charge >= 0.3 is 0 Å². The van der Waals surface area contributed by atoms with Crippen LogP contribution in [0.3, 0.4) is 0 Å². The molecule has 0 unspecified atom stereocenters. The Balaban J connectivity index is 2.29. The summed E-state index contributed by atoms with van der Waals surface area (Å²) < 4.78 is -2.22. The molecule has 0 N–H and O–H groups in total. The monoisotopic (exact) mass is 390 g/mol. The van der Waals surface area contributed by atoms with Gasteiger partial charge in [0.15, 0.2) is 3.95 Å². The molecule has 0 aromatic heterocycles. The maximum atomic E-state index is 6.02. The van der Waals surface area contributed by atoms with Crippen molar-refractivity contribution in [2.45, 2.75) is 12.6 Å². The molecule has 0 aliphatic heterocycles. The molecular formula is C15H17Cl2PS2Si. The van der Waals surface area contributed by atoms with E-state index in [4.69, 9.17) is 34.3 Å². The summed E-state index contributed by atoms with van der Waals surface area (Å²) in [6.45, 7) is 2.41. The second kappa shape index (κ2) is 7.67. The van der Waals surface area contributed by atoms with Gasteiger partial charge in [-0.15, -0.1) is 0 Å². The minimum atomic E-state index is -2.22.